The number of hydrogen-bond donors (Lipinski definition) is 0. The molecule has 1 unspecified atom stereocenters. The molecule has 0 aliphatic carbocycles. The van der Waals surface area contributed by atoms with Crippen LogP contribution >= 0.6 is 0 Å². The van der Waals surface area contributed by atoms with Crippen LogP contribution in [0.5, 0.6) is 0 Å². The van der Waals surface area contributed by atoms with Gasteiger partial charge in [0.2, 0.25) is 0 Å². The van der Waals surface area contributed by atoms with Gasteiger partial charge in [0, 0.05) is 13.1 Å². The number of hydrogen-bond acceptors (Lipinski definition) is 3. The van der Waals surface area contributed by atoms with Crippen LogP contribution in [0.1, 0.15) is 17.5 Å². The summed E-state index contributed by atoms with van der Waals surface area (Å²) in [6, 6.07) is 8.25. The Balaban J connectivity index is 2.01. The molecule has 3 heteroatoms. The predicted molar refractivity (Wildman–Crippen MR) is 62.0 cm³/mol. The van der Waals surface area contributed by atoms with Gasteiger partial charge in [0.05, 0.1) is 7.11 Å². The summed E-state index contributed by atoms with van der Waals surface area (Å²) in [5.41, 5.74) is 2.56. The minimum atomic E-state index is -0.111. The van der Waals surface area contributed by atoms with Crippen molar-refractivity contribution in [2.24, 2.45) is 0 Å². The fourth-order valence-corrected chi connectivity index (χ4v) is 2.04. The quantitative estimate of drug-likeness (QED) is 0.725. The number of likely N-dealkylation sites (tertiary alicyclic amines) is 1. The lowest BCUT2D eigenvalue weighted by Gasteiger charge is -2.38. The second-order valence-electron chi connectivity index (χ2n) is 4.22. The number of methoxy groups -OCH3 is 1. The lowest BCUT2D eigenvalue weighted by atomic mass is 10.0. The van der Waals surface area contributed by atoms with Crippen molar-refractivity contribution < 1.29 is 9.53 Å². The molecule has 0 amide bonds. The second kappa shape index (κ2) is 4.66. The third kappa shape index (κ3) is 2.09. The Hall–Kier alpha value is -1.35. The van der Waals surface area contributed by atoms with Crippen molar-refractivity contribution in [3.05, 3.63) is 35.4 Å². The van der Waals surface area contributed by atoms with Crippen molar-refractivity contribution in [2.75, 3.05) is 13.7 Å². The van der Waals surface area contributed by atoms with Gasteiger partial charge in [0.15, 0.2) is 0 Å². The van der Waals surface area contributed by atoms with Crippen LogP contribution in [-0.2, 0) is 16.1 Å². The van der Waals surface area contributed by atoms with Crippen molar-refractivity contribution >= 4 is 5.97 Å². The monoisotopic (exact) mass is 219 g/mol. The number of aryl methyl sites for hydroxylation is 1. The third-order valence-electron chi connectivity index (χ3n) is 3.24. The van der Waals surface area contributed by atoms with E-state index in [9.17, 15) is 4.79 Å². The van der Waals surface area contributed by atoms with Gasteiger partial charge in [-0.25, -0.2) is 0 Å². The first-order chi connectivity index (χ1) is 7.72. The zero-order valence-electron chi connectivity index (χ0n) is 9.77. The molecule has 1 aromatic rings. The average Bonchev–Trinajstić information content (AvgIpc) is 2.26. The normalized spacial score (nSPS) is 20.2. The topological polar surface area (TPSA) is 29.5 Å². The summed E-state index contributed by atoms with van der Waals surface area (Å²) in [5.74, 6) is -0.111. The molecule has 1 heterocycles. The first kappa shape index (κ1) is 11.1. The SMILES string of the molecule is COC(=O)C1CCN1Cc1ccccc1C. The largest absolute Gasteiger partial charge is 0.468 e. The molecule has 1 aliphatic rings. The van der Waals surface area contributed by atoms with Gasteiger partial charge in [0.1, 0.15) is 6.04 Å². The number of benzene rings is 1. The third-order valence-corrected chi connectivity index (χ3v) is 3.24. The highest BCUT2D eigenvalue weighted by Gasteiger charge is 2.34. The van der Waals surface area contributed by atoms with E-state index in [1.54, 1.807) is 0 Å². The molecule has 2 rings (SSSR count). The van der Waals surface area contributed by atoms with Gasteiger partial charge in [-0.1, -0.05) is 24.3 Å². The van der Waals surface area contributed by atoms with Crippen LogP contribution in [0.25, 0.3) is 0 Å². The van der Waals surface area contributed by atoms with Crippen molar-refractivity contribution in [3.63, 3.8) is 0 Å². The lowest BCUT2D eigenvalue weighted by Crippen LogP contribution is -2.52. The van der Waals surface area contributed by atoms with Crippen LogP contribution in [0.4, 0.5) is 0 Å². The number of rotatable bonds is 3. The summed E-state index contributed by atoms with van der Waals surface area (Å²) in [6.45, 7) is 3.92. The Morgan fingerprint density at radius 1 is 1.50 bits per heavy atom. The highest BCUT2D eigenvalue weighted by molar-refractivity contribution is 5.76. The van der Waals surface area contributed by atoms with Crippen molar-refractivity contribution in [1.82, 2.24) is 4.90 Å². The van der Waals surface area contributed by atoms with E-state index in [1.807, 2.05) is 12.1 Å². The summed E-state index contributed by atoms with van der Waals surface area (Å²) in [6.07, 6.45) is 0.915. The minimum absolute atomic E-state index is 0.0374. The summed E-state index contributed by atoms with van der Waals surface area (Å²) < 4.78 is 4.77. The van der Waals surface area contributed by atoms with Gasteiger partial charge in [0.25, 0.3) is 0 Å². The van der Waals surface area contributed by atoms with E-state index >= 15 is 0 Å². The van der Waals surface area contributed by atoms with Gasteiger partial charge < -0.3 is 4.74 Å². The Labute approximate surface area is 96.0 Å². The molecule has 1 fully saturated rings. The maximum absolute atomic E-state index is 11.4. The molecular formula is C13H17NO2. The van der Waals surface area contributed by atoms with E-state index in [0.717, 1.165) is 19.5 Å². The molecular weight excluding hydrogens is 202 g/mol. The van der Waals surface area contributed by atoms with Crippen LogP contribution in [0.15, 0.2) is 24.3 Å². The molecule has 0 spiro atoms. The summed E-state index contributed by atoms with van der Waals surface area (Å²) in [4.78, 5) is 13.6. The van der Waals surface area contributed by atoms with Crippen LogP contribution in [0, 0.1) is 6.92 Å². The van der Waals surface area contributed by atoms with E-state index in [2.05, 4.69) is 24.0 Å². The zero-order chi connectivity index (χ0) is 11.5. The van der Waals surface area contributed by atoms with Gasteiger partial charge >= 0.3 is 5.97 Å². The van der Waals surface area contributed by atoms with E-state index in [1.165, 1.54) is 18.2 Å². The lowest BCUT2D eigenvalue weighted by molar-refractivity contribution is -0.152. The van der Waals surface area contributed by atoms with E-state index in [4.69, 9.17) is 4.74 Å². The molecule has 3 nitrogen and oxygen atoms in total. The van der Waals surface area contributed by atoms with Crippen LogP contribution in [0.3, 0.4) is 0 Å². The molecule has 0 N–H and O–H groups in total. The maximum Gasteiger partial charge on any atom is 0.323 e. The van der Waals surface area contributed by atoms with Crippen molar-refractivity contribution in [2.45, 2.75) is 25.9 Å². The first-order valence-corrected chi connectivity index (χ1v) is 5.58. The zero-order valence-corrected chi connectivity index (χ0v) is 9.77. The molecule has 1 aromatic carbocycles. The fraction of sp³-hybridized carbons (Fsp3) is 0.462. The van der Waals surface area contributed by atoms with Crippen LogP contribution in [-0.4, -0.2) is 30.6 Å². The highest BCUT2D eigenvalue weighted by Crippen LogP contribution is 2.22. The van der Waals surface area contributed by atoms with Gasteiger partial charge in [-0.3, -0.25) is 9.69 Å². The number of esters is 1. The number of carbonyl (C=O) groups excluding carboxylic acids is 1. The number of ether oxygens (including phenoxy) is 1. The van der Waals surface area contributed by atoms with Crippen molar-refractivity contribution in [3.8, 4) is 0 Å². The smallest absolute Gasteiger partial charge is 0.323 e. The molecule has 1 aliphatic heterocycles. The standard InChI is InChI=1S/C13H17NO2/c1-10-5-3-4-6-11(10)9-14-8-7-12(14)13(15)16-2/h3-6,12H,7-9H2,1-2H3. The second-order valence-corrected chi connectivity index (χ2v) is 4.22. The van der Waals surface area contributed by atoms with E-state index < -0.39 is 0 Å². The van der Waals surface area contributed by atoms with E-state index in [0.29, 0.717) is 0 Å². The molecule has 86 valence electrons. The summed E-state index contributed by atoms with van der Waals surface area (Å²) in [5, 5.41) is 0. The number of nitrogens with zero attached hydrogens (tertiary/aromatic N) is 1. The molecule has 0 saturated carbocycles. The first-order valence-electron chi connectivity index (χ1n) is 5.58. The van der Waals surface area contributed by atoms with Crippen molar-refractivity contribution in [1.29, 1.82) is 0 Å². The molecule has 1 atom stereocenters. The Morgan fingerprint density at radius 2 is 2.25 bits per heavy atom. The molecule has 0 aromatic heterocycles. The molecule has 1 saturated heterocycles. The van der Waals surface area contributed by atoms with Gasteiger partial charge in [-0.2, -0.15) is 0 Å². The summed E-state index contributed by atoms with van der Waals surface area (Å²) >= 11 is 0. The summed E-state index contributed by atoms with van der Waals surface area (Å²) in [7, 11) is 1.45. The molecule has 0 radical (unpaired) electrons. The predicted octanol–water partition coefficient (Wildman–Crippen LogP) is 1.74. The molecule has 16 heavy (non-hydrogen) atoms. The van der Waals surface area contributed by atoms with Crippen LogP contribution in [0.2, 0.25) is 0 Å². The average molecular weight is 219 g/mol. The van der Waals surface area contributed by atoms with Crippen LogP contribution < -0.4 is 0 Å². The maximum atomic E-state index is 11.4. The number of carbonyl (C=O) groups is 1. The van der Waals surface area contributed by atoms with Gasteiger partial charge in [-0.05, 0) is 24.5 Å². The Kier molecular flexibility index (Phi) is 3.25. The van der Waals surface area contributed by atoms with E-state index in [-0.39, 0.29) is 12.0 Å². The Morgan fingerprint density at radius 3 is 2.81 bits per heavy atom. The highest BCUT2D eigenvalue weighted by atomic mass is 16.5. The van der Waals surface area contributed by atoms with Gasteiger partial charge in [-0.15, -0.1) is 0 Å². The molecule has 0 bridgehead atoms. The Bertz CT molecular complexity index is 389. The fourth-order valence-electron chi connectivity index (χ4n) is 2.04. The minimum Gasteiger partial charge on any atom is -0.468 e.